The lowest BCUT2D eigenvalue weighted by Crippen LogP contribution is -2.14. The van der Waals surface area contributed by atoms with Crippen molar-refractivity contribution in [2.75, 3.05) is 20.3 Å². The zero-order valence-corrected chi connectivity index (χ0v) is 14.9. The van der Waals surface area contributed by atoms with Crippen LogP contribution in [0.5, 0.6) is 23.0 Å². The van der Waals surface area contributed by atoms with Crippen LogP contribution in [-0.4, -0.2) is 26.3 Å². The molecular formula is C20H18O7. The summed E-state index contributed by atoms with van der Waals surface area (Å²) in [5.74, 6) is 0.671. The molecule has 7 nitrogen and oxygen atoms in total. The van der Waals surface area contributed by atoms with E-state index in [4.69, 9.17) is 23.4 Å². The number of carbonyl (C=O) groups is 1. The number of benzene rings is 2. The van der Waals surface area contributed by atoms with Gasteiger partial charge in [0.25, 0.3) is 0 Å². The number of ether oxygens (including phenoxy) is 4. The highest BCUT2D eigenvalue weighted by atomic mass is 16.6. The van der Waals surface area contributed by atoms with Crippen molar-refractivity contribution in [3.05, 3.63) is 59.0 Å². The van der Waals surface area contributed by atoms with Gasteiger partial charge in [-0.25, -0.2) is 4.79 Å². The maximum absolute atomic E-state index is 12.7. The molecule has 1 heterocycles. The highest BCUT2D eigenvalue weighted by Crippen LogP contribution is 2.31. The van der Waals surface area contributed by atoms with Crippen LogP contribution in [0, 0.1) is 0 Å². The second-order valence-corrected chi connectivity index (χ2v) is 5.48. The Hall–Kier alpha value is -3.32. The molecule has 0 radical (unpaired) electrons. The molecule has 3 aromatic rings. The van der Waals surface area contributed by atoms with Gasteiger partial charge in [-0.05, 0) is 31.2 Å². The van der Waals surface area contributed by atoms with E-state index in [1.807, 2.05) is 13.0 Å². The van der Waals surface area contributed by atoms with Crippen LogP contribution in [0.3, 0.4) is 0 Å². The molecule has 0 aliphatic rings. The summed E-state index contributed by atoms with van der Waals surface area (Å²) in [6.07, 6.45) is 1.22. The summed E-state index contributed by atoms with van der Waals surface area (Å²) in [4.78, 5) is 24.2. The largest absolute Gasteiger partial charge is 0.490 e. The monoisotopic (exact) mass is 370 g/mol. The van der Waals surface area contributed by atoms with Gasteiger partial charge in [0.15, 0.2) is 11.5 Å². The van der Waals surface area contributed by atoms with Crippen LogP contribution < -0.4 is 19.6 Å². The van der Waals surface area contributed by atoms with E-state index < -0.39 is 5.97 Å². The number of carbonyl (C=O) groups excluding carboxylic acids is 1. The summed E-state index contributed by atoms with van der Waals surface area (Å²) in [6, 6.07) is 11.5. The smallest absolute Gasteiger partial charge is 0.337 e. The van der Waals surface area contributed by atoms with Crippen LogP contribution in [0.2, 0.25) is 0 Å². The highest BCUT2D eigenvalue weighted by Gasteiger charge is 2.13. The summed E-state index contributed by atoms with van der Waals surface area (Å²) >= 11 is 0. The summed E-state index contributed by atoms with van der Waals surface area (Å²) in [7, 11) is 1.39. The van der Waals surface area contributed by atoms with Crippen molar-refractivity contribution in [1.29, 1.82) is 0 Å². The van der Waals surface area contributed by atoms with Gasteiger partial charge in [-0.1, -0.05) is 12.1 Å². The van der Waals surface area contributed by atoms with E-state index in [9.17, 15) is 9.59 Å². The number of hydrogen-bond acceptors (Lipinski definition) is 7. The molecule has 0 fully saturated rings. The third-order valence-corrected chi connectivity index (χ3v) is 3.58. The minimum absolute atomic E-state index is 0.0266. The number of rotatable bonds is 7. The predicted octanol–water partition coefficient (Wildman–Crippen LogP) is 3.54. The van der Waals surface area contributed by atoms with E-state index in [0.29, 0.717) is 23.5 Å². The Kier molecular flexibility index (Phi) is 5.73. The zero-order chi connectivity index (χ0) is 19.2. The Balaban J connectivity index is 1.90. The second-order valence-electron chi connectivity index (χ2n) is 5.48. The second kappa shape index (κ2) is 8.37. The Bertz CT molecular complexity index is 1010. The van der Waals surface area contributed by atoms with Crippen molar-refractivity contribution in [2.45, 2.75) is 6.92 Å². The molecule has 0 N–H and O–H groups in total. The number of para-hydroxylation sites is 2. The lowest BCUT2D eigenvalue weighted by atomic mass is 10.2. The molecular weight excluding hydrogens is 352 g/mol. The molecule has 1 aromatic heterocycles. The van der Waals surface area contributed by atoms with Crippen LogP contribution >= 0.6 is 0 Å². The minimum Gasteiger partial charge on any atom is -0.490 e. The molecule has 0 aliphatic carbocycles. The fraction of sp³-hybridized carbons (Fsp3) is 0.200. The van der Waals surface area contributed by atoms with Gasteiger partial charge in [0, 0.05) is 13.2 Å². The van der Waals surface area contributed by atoms with E-state index in [1.54, 1.807) is 18.2 Å². The molecule has 0 spiro atoms. The van der Waals surface area contributed by atoms with Gasteiger partial charge >= 0.3 is 5.97 Å². The van der Waals surface area contributed by atoms with Crippen LogP contribution in [0.4, 0.5) is 0 Å². The average Bonchev–Trinajstić information content (AvgIpc) is 2.66. The van der Waals surface area contributed by atoms with Crippen molar-refractivity contribution in [3.8, 4) is 23.0 Å². The highest BCUT2D eigenvalue weighted by molar-refractivity contribution is 5.81. The minimum atomic E-state index is -0.549. The van der Waals surface area contributed by atoms with Gasteiger partial charge < -0.3 is 23.4 Å². The maximum atomic E-state index is 12.7. The zero-order valence-electron chi connectivity index (χ0n) is 14.9. The third kappa shape index (κ3) is 4.27. The summed E-state index contributed by atoms with van der Waals surface area (Å²) in [5.41, 5.74) is -0.0783. The van der Waals surface area contributed by atoms with Gasteiger partial charge in [0.1, 0.15) is 24.2 Å². The summed E-state index contributed by atoms with van der Waals surface area (Å²) < 4.78 is 26.5. The van der Waals surface area contributed by atoms with E-state index in [1.165, 1.54) is 31.6 Å². The lowest BCUT2D eigenvalue weighted by molar-refractivity contribution is -0.138. The van der Waals surface area contributed by atoms with E-state index in [0.717, 1.165) is 0 Å². The first-order valence-electron chi connectivity index (χ1n) is 8.27. The van der Waals surface area contributed by atoms with Crippen LogP contribution in [0.15, 0.2) is 57.9 Å². The number of hydrogen-bond donors (Lipinski definition) is 0. The normalized spacial score (nSPS) is 10.6. The first-order chi connectivity index (χ1) is 13.1. The SMILES string of the molecule is CCOc1ccccc1Oc1coc2cc(OC(=O)COC)ccc2c1=O. The third-order valence-electron chi connectivity index (χ3n) is 3.58. The van der Waals surface area contributed by atoms with Crippen LogP contribution in [0.1, 0.15) is 6.92 Å². The van der Waals surface area contributed by atoms with Gasteiger partial charge in [-0.2, -0.15) is 0 Å². The molecule has 27 heavy (non-hydrogen) atoms. The number of esters is 1. The fourth-order valence-electron chi connectivity index (χ4n) is 2.43. The van der Waals surface area contributed by atoms with Crippen LogP contribution in [0.25, 0.3) is 11.0 Å². The number of fused-ring (bicyclic) bond motifs is 1. The molecule has 140 valence electrons. The Morgan fingerprint density at radius 2 is 1.85 bits per heavy atom. The summed E-state index contributed by atoms with van der Waals surface area (Å²) in [6.45, 7) is 2.16. The van der Waals surface area contributed by atoms with Gasteiger partial charge in [0.2, 0.25) is 11.2 Å². The molecule has 2 aromatic carbocycles. The predicted molar refractivity (Wildman–Crippen MR) is 97.7 cm³/mol. The van der Waals surface area contributed by atoms with Crippen molar-refractivity contribution in [2.24, 2.45) is 0 Å². The Labute approximate surface area is 155 Å². The maximum Gasteiger partial charge on any atom is 0.337 e. The average molecular weight is 370 g/mol. The molecule has 0 atom stereocenters. The quantitative estimate of drug-likeness (QED) is 0.464. The molecule has 0 saturated carbocycles. The molecule has 0 aliphatic heterocycles. The Morgan fingerprint density at radius 1 is 1.07 bits per heavy atom. The lowest BCUT2D eigenvalue weighted by Gasteiger charge is -2.11. The first kappa shape index (κ1) is 18.5. The fourth-order valence-corrected chi connectivity index (χ4v) is 2.43. The molecule has 0 unspecified atom stereocenters. The Morgan fingerprint density at radius 3 is 2.59 bits per heavy atom. The molecule has 3 rings (SSSR count). The van der Waals surface area contributed by atoms with Crippen molar-refractivity contribution < 1.29 is 28.2 Å². The molecule has 7 heteroatoms. The van der Waals surface area contributed by atoms with Crippen molar-refractivity contribution in [3.63, 3.8) is 0 Å². The van der Waals surface area contributed by atoms with Gasteiger partial charge in [0.05, 0.1) is 12.0 Å². The van der Waals surface area contributed by atoms with Crippen molar-refractivity contribution in [1.82, 2.24) is 0 Å². The number of methoxy groups -OCH3 is 1. The molecule has 0 bridgehead atoms. The molecule has 0 saturated heterocycles. The van der Waals surface area contributed by atoms with Gasteiger partial charge in [-0.15, -0.1) is 0 Å². The van der Waals surface area contributed by atoms with E-state index in [-0.39, 0.29) is 29.1 Å². The van der Waals surface area contributed by atoms with Crippen LogP contribution in [-0.2, 0) is 9.53 Å². The van der Waals surface area contributed by atoms with E-state index >= 15 is 0 Å². The standard InChI is InChI=1S/C20H18O7/c1-3-24-15-6-4-5-7-16(15)27-18-11-25-17-10-13(26-19(21)12-23-2)8-9-14(17)20(18)22/h4-11H,3,12H2,1-2H3. The topological polar surface area (TPSA) is 84.2 Å². The van der Waals surface area contributed by atoms with E-state index in [2.05, 4.69) is 0 Å². The summed E-state index contributed by atoms with van der Waals surface area (Å²) in [5, 5.41) is 0.299. The van der Waals surface area contributed by atoms with Gasteiger partial charge in [-0.3, -0.25) is 4.79 Å². The molecule has 0 amide bonds. The first-order valence-corrected chi connectivity index (χ1v) is 8.27. The van der Waals surface area contributed by atoms with Crippen molar-refractivity contribution >= 4 is 16.9 Å².